The predicted molar refractivity (Wildman–Crippen MR) is 117 cm³/mol. The molecule has 4 aromatic carbocycles. The van der Waals surface area contributed by atoms with Crippen LogP contribution in [0, 0.1) is 0 Å². The van der Waals surface area contributed by atoms with Crippen molar-refractivity contribution in [2.45, 2.75) is 13.8 Å². The van der Waals surface area contributed by atoms with Crippen LogP contribution in [0.5, 0.6) is 0 Å². The SMILES string of the molecule is Brc1ccc2c(c1)c1ccc3ccccc3c1n2-c1ccccc1.CC. The first-order chi connectivity index (χ1) is 12.8. The van der Waals surface area contributed by atoms with Gasteiger partial charge in [-0.25, -0.2) is 0 Å². The molecule has 0 aliphatic heterocycles. The van der Waals surface area contributed by atoms with Gasteiger partial charge in [0.15, 0.2) is 0 Å². The van der Waals surface area contributed by atoms with Crippen molar-refractivity contribution in [3.8, 4) is 5.69 Å². The summed E-state index contributed by atoms with van der Waals surface area (Å²) in [5.74, 6) is 0. The van der Waals surface area contributed by atoms with E-state index in [9.17, 15) is 0 Å². The fourth-order valence-electron chi connectivity index (χ4n) is 3.60. The van der Waals surface area contributed by atoms with Gasteiger partial charge >= 0.3 is 0 Å². The molecule has 1 aromatic heterocycles. The van der Waals surface area contributed by atoms with Gasteiger partial charge in [0.05, 0.1) is 11.0 Å². The number of aromatic nitrogens is 1. The molecule has 2 heteroatoms. The van der Waals surface area contributed by atoms with Crippen molar-refractivity contribution in [1.82, 2.24) is 4.57 Å². The molecule has 128 valence electrons. The molecule has 5 rings (SSSR count). The molecule has 1 nitrogen and oxygen atoms in total. The maximum atomic E-state index is 3.62. The van der Waals surface area contributed by atoms with Gasteiger partial charge in [0.1, 0.15) is 0 Å². The molecule has 0 spiro atoms. The van der Waals surface area contributed by atoms with Crippen LogP contribution >= 0.6 is 15.9 Å². The standard InChI is InChI=1S/C22H14BrN.C2H6/c23-16-11-13-21-20(14-16)19-12-10-15-6-4-5-9-18(15)22(19)24(21)17-7-2-1-3-8-17;1-2/h1-14H;1-2H3. The first-order valence-corrected chi connectivity index (χ1v) is 9.79. The molecule has 0 bridgehead atoms. The van der Waals surface area contributed by atoms with E-state index in [1.165, 1.54) is 38.3 Å². The van der Waals surface area contributed by atoms with Crippen LogP contribution in [-0.4, -0.2) is 4.57 Å². The highest BCUT2D eigenvalue weighted by molar-refractivity contribution is 9.10. The summed E-state index contributed by atoms with van der Waals surface area (Å²) in [6.45, 7) is 4.00. The Bertz CT molecular complexity index is 1200. The third-order valence-corrected chi connectivity index (χ3v) is 5.12. The van der Waals surface area contributed by atoms with Crippen LogP contribution in [0.25, 0.3) is 38.3 Å². The summed E-state index contributed by atoms with van der Waals surface area (Å²) in [7, 11) is 0. The van der Waals surface area contributed by atoms with Crippen LogP contribution in [-0.2, 0) is 0 Å². The molecular formula is C24H20BrN. The number of halogens is 1. The molecule has 0 atom stereocenters. The van der Waals surface area contributed by atoms with E-state index in [1.807, 2.05) is 13.8 Å². The van der Waals surface area contributed by atoms with Gasteiger partial charge in [-0.05, 0) is 35.7 Å². The fourth-order valence-corrected chi connectivity index (χ4v) is 3.96. The zero-order valence-corrected chi connectivity index (χ0v) is 16.5. The summed E-state index contributed by atoms with van der Waals surface area (Å²) in [5.41, 5.74) is 3.69. The van der Waals surface area contributed by atoms with Crippen molar-refractivity contribution >= 4 is 48.5 Å². The monoisotopic (exact) mass is 401 g/mol. The summed E-state index contributed by atoms with van der Waals surface area (Å²) in [4.78, 5) is 0. The Hall–Kier alpha value is -2.58. The number of hydrogen-bond donors (Lipinski definition) is 0. The van der Waals surface area contributed by atoms with E-state index in [-0.39, 0.29) is 0 Å². The zero-order valence-electron chi connectivity index (χ0n) is 14.9. The first-order valence-electron chi connectivity index (χ1n) is 9.00. The number of para-hydroxylation sites is 1. The van der Waals surface area contributed by atoms with Gasteiger partial charge in [0.25, 0.3) is 0 Å². The Balaban J connectivity index is 0.000000814. The average molecular weight is 402 g/mol. The Kier molecular flexibility index (Phi) is 4.52. The maximum Gasteiger partial charge on any atom is 0.0619 e. The zero-order chi connectivity index (χ0) is 18.1. The molecule has 0 fully saturated rings. The molecule has 0 N–H and O–H groups in total. The van der Waals surface area contributed by atoms with E-state index in [2.05, 4.69) is 105 Å². The average Bonchev–Trinajstić information content (AvgIpc) is 3.04. The second kappa shape index (κ2) is 6.97. The lowest BCUT2D eigenvalue weighted by Crippen LogP contribution is -1.93. The van der Waals surface area contributed by atoms with Crippen molar-refractivity contribution in [1.29, 1.82) is 0 Å². The molecule has 0 saturated carbocycles. The Labute approximate surface area is 162 Å². The lowest BCUT2D eigenvalue weighted by Gasteiger charge is -2.09. The van der Waals surface area contributed by atoms with Crippen molar-refractivity contribution in [3.05, 3.63) is 89.4 Å². The van der Waals surface area contributed by atoms with E-state index < -0.39 is 0 Å². The largest absolute Gasteiger partial charge is 0.309 e. The Morgan fingerprint density at radius 3 is 2.19 bits per heavy atom. The van der Waals surface area contributed by atoms with Gasteiger partial charge in [-0.1, -0.05) is 84.4 Å². The molecule has 0 unspecified atom stereocenters. The lowest BCUT2D eigenvalue weighted by atomic mass is 10.1. The van der Waals surface area contributed by atoms with E-state index in [1.54, 1.807) is 0 Å². The van der Waals surface area contributed by atoms with Crippen LogP contribution in [0.15, 0.2) is 89.4 Å². The van der Waals surface area contributed by atoms with Gasteiger partial charge in [-0.2, -0.15) is 0 Å². The van der Waals surface area contributed by atoms with Crippen LogP contribution in [0.3, 0.4) is 0 Å². The molecule has 5 aromatic rings. The van der Waals surface area contributed by atoms with Crippen molar-refractivity contribution in [2.24, 2.45) is 0 Å². The van der Waals surface area contributed by atoms with Gasteiger partial charge in [0, 0.05) is 26.3 Å². The van der Waals surface area contributed by atoms with Crippen molar-refractivity contribution in [3.63, 3.8) is 0 Å². The molecule has 0 amide bonds. The van der Waals surface area contributed by atoms with E-state index in [0.29, 0.717) is 0 Å². The minimum atomic E-state index is 1.11. The van der Waals surface area contributed by atoms with Gasteiger partial charge < -0.3 is 4.57 Å². The number of rotatable bonds is 1. The summed E-state index contributed by atoms with van der Waals surface area (Å²) < 4.78 is 3.48. The van der Waals surface area contributed by atoms with Crippen molar-refractivity contribution < 1.29 is 0 Å². The molecule has 1 heterocycles. The fraction of sp³-hybridized carbons (Fsp3) is 0.0833. The number of hydrogen-bond acceptors (Lipinski definition) is 0. The second-order valence-electron chi connectivity index (χ2n) is 6.02. The predicted octanol–water partition coefficient (Wildman–Crippen LogP) is 7.73. The number of nitrogens with zero attached hydrogens (tertiary/aromatic N) is 1. The van der Waals surface area contributed by atoms with Crippen LogP contribution in [0.4, 0.5) is 0 Å². The molecule has 0 aliphatic carbocycles. The topological polar surface area (TPSA) is 4.93 Å². The lowest BCUT2D eigenvalue weighted by molar-refractivity contribution is 1.19. The maximum absolute atomic E-state index is 3.62. The smallest absolute Gasteiger partial charge is 0.0619 e. The summed E-state index contributed by atoms with van der Waals surface area (Å²) >= 11 is 3.62. The highest BCUT2D eigenvalue weighted by Gasteiger charge is 2.14. The van der Waals surface area contributed by atoms with Gasteiger partial charge in [-0.15, -0.1) is 0 Å². The van der Waals surface area contributed by atoms with Crippen LogP contribution in [0.1, 0.15) is 13.8 Å². The van der Waals surface area contributed by atoms with E-state index in [4.69, 9.17) is 0 Å². The van der Waals surface area contributed by atoms with Crippen LogP contribution in [0.2, 0.25) is 0 Å². The third-order valence-electron chi connectivity index (χ3n) is 4.63. The second-order valence-corrected chi connectivity index (χ2v) is 6.93. The summed E-state index contributed by atoms with van der Waals surface area (Å²) in [5, 5.41) is 5.11. The van der Waals surface area contributed by atoms with Crippen LogP contribution < -0.4 is 0 Å². The Morgan fingerprint density at radius 1 is 0.654 bits per heavy atom. The minimum absolute atomic E-state index is 1.11. The summed E-state index contributed by atoms with van der Waals surface area (Å²) in [6, 6.07) is 30.2. The quantitative estimate of drug-likeness (QED) is 0.270. The normalized spacial score (nSPS) is 10.9. The molecule has 26 heavy (non-hydrogen) atoms. The van der Waals surface area contributed by atoms with Gasteiger partial charge in [0.2, 0.25) is 0 Å². The molecule has 0 radical (unpaired) electrons. The molecular weight excluding hydrogens is 382 g/mol. The highest BCUT2D eigenvalue weighted by atomic mass is 79.9. The van der Waals surface area contributed by atoms with Gasteiger partial charge in [-0.3, -0.25) is 0 Å². The molecule has 0 saturated heterocycles. The first kappa shape index (κ1) is 16.9. The highest BCUT2D eigenvalue weighted by Crippen LogP contribution is 2.37. The third kappa shape index (κ3) is 2.62. The van der Waals surface area contributed by atoms with E-state index >= 15 is 0 Å². The Morgan fingerprint density at radius 2 is 1.38 bits per heavy atom. The van der Waals surface area contributed by atoms with Crippen molar-refractivity contribution in [2.75, 3.05) is 0 Å². The minimum Gasteiger partial charge on any atom is -0.309 e. The van der Waals surface area contributed by atoms with E-state index in [0.717, 1.165) is 4.47 Å². The number of fused-ring (bicyclic) bond motifs is 5. The molecule has 0 aliphatic rings. The number of benzene rings is 4. The summed E-state index contributed by atoms with van der Waals surface area (Å²) in [6.07, 6.45) is 0.